The molecule has 8 heteroatoms. The van der Waals surface area contributed by atoms with Crippen molar-refractivity contribution in [1.29, 1.82) is 0 Å². The van der Waals surface area contributed by atoms with Gasteiger partial charge in [0.25, 0.3) is 5.56 Å². The average molecular weight is 399 g/mol. The molecule has 1 aliphatic heterocycles. The molecule has 146 valence electrons. The lowest BCUT2D eigenvalue weighted by atomic mass is 10.0. The monoisotopic (exact) mass is 399 g/mol. The van der Waals surface area contributed by atoms with E-state index < -0.39 is 0 Å². The van der Waals surface area contributed by atoms with Gasteiger partial charge in [0.15, 0.2) is 5.82 Å². The highest BCUT2D eigenvalue weighted by Gasteiger charge is 2.24. The second-order valence-electron chi connectivity index (χ2n) is 6.61. The van der Waals surface area contributed by atoms with E-state index in [9.17, 15) is 9.90 Å². The molecule has 0 unspecified atom stereocenters. The maximum atomic E-state index is 12.7. The minimum Gasteiger partial charge on any atom is -0.508 e. The van der Waals surface area contributed by atoms with Crippen LogP contribution in [0.3, 0.4) is 0 Å². The molecule has 0 amide bonds. The molecule has 3 aromatic rings. The van der Waals surface area contributed by atoms with Gasteiger partial charge in [0.2, 0.25) is 0 Å². The number of benzene rings is 1. The Morgan fingerprint density at radius 3 is 2.68 bits per heavy atom. The zero-order chi connectivity index (χ0) is 19.7. The number of aromatic nitrogens is 2. The van der Waals surface area contributed by atoms with E-state index in [1.807, 2.05) is 17.5 Å². The minimum atomic E-state index is -0.0947. The number of phenolic OH excluding ortho intramolecular Hbond substituents is 1. The number of nitrogens with zero attached hydrogens (tertiary/aromatic N) is 2. The fraction of sp³-hybridized carbons (Fsp3) is 0.300. The van der Waals surface area contributed by atoms with Gasteiger partial charge in [-0.15, -0.1) is 11.3 Å². The summed E-state index contributed by atoms with van der Waals surface area (Å²) in [4.78, 5) is 23.4. The van der Waals surface area contributed by atoms with Crippen molar-refractivity contribution in [3.05, 3.63) is 56.8 Å². The first-order valence-corrected chi connectivity index (χ1v) is 9.79. The van der Waals surface area contributed by atoms with E-state index in [1.54, 1.807) is 37.7 Å². The number of thiophene rings is 1. The summed E-state index contributed by atoms with van der Waals surface area (Å²) in [5, 5.41) is 11.8. The number of aromatic amines is 1. The van der Waals surface area contributed by atoms with Crippen LogP contribution >= 0.6 is 11.3 Å². The Balaban J connectivity index is 1.61. The second kappa shape index (κ2) is 7.65. The Morgan fingerprint density at radius 1 is 1.29 bits per heavy atom. The van der Waals surface area contributed by atoms with E-state index in [4.69, 9.17) is 9.47 Å². The van der Waals surface area contributed by atoms with Crippen molar-refractivity contribution in [2.75, 3.05) is 20.8 Å². The van der Waals surface area contributed by atoms with E-state index in [0.29, 0.717) is 42.4 Å². The normalized spacial score (nSPS) is 13.9. The van der Waals surface area contributed by atoms with Crippen molar-refractivity contribution in [2.24, 2.45) is 0 Å². The first-order chi connectivity index (χ1) is 13.6. The third kappa shape index (κ3) is 3.48. The molecule has 0 atom stereocenters. The van der Waals surface area contributed by atoms with E-state index in [0.717, 1.165) is 22.7 Å². The van der Waals surface area contributed by atoms with Crippen molar-refractivity contribution >= 4 is 11.3 Å². The molecule has 7 nitrogen and oxygen atoms in total. The molecule has 0 radical (unpaired) electrons. The lowest BCUT2D eigenvalue weighted by Crippen LogP contribution is -2.35. The van der Waals surface area contributed by atoms with Gasteiger partial charge in [-0.25, -0.2) is 4.98 Å². The fourth-order valence-corrected chi connectivity index (χ4v) is 4.16. The second-order valence-corrected chi connectivity index (χ2v) is 7.55. The number of hydrogen-bond donors (Lipinski definition) is 2. The number of methoxy groups -OCH3 is 2. The summed E-state index contributed by atoms with van der Waals surface area (Å²) in [5.74, 6) is 1.84. The third-order valence-corrected chi connectivity index (χ3v) is 5.75. The molecule has 0 spiro atoms. The molecule has 1 aromatic carbocycles. The Morgan fingerprint density at radius 2 is 2.04 bits per heavy atom. The van der Waals surface area contributed by atoms with Gasteiger partial charge in [-0.2, -0.15) is 0 Å². The molecule has 1 aliphatic rings. The highest BCUT2D eigenvalue weighted by atomic mass is 32.1. The van der Waals surface area contributed by atoms with Crippen LogP contribution in [0, 0.1) is 0 Å². The lowest BCUT2D eigenvalue weighted by Gasteiger charge is -2.28. The minimum absolute atomic E-state index is 0.0863. The van der Waals surface area contributed by atoms with E-state index in [2.05, 4.69) is 14.9 Å². The number of H-pyrrole nitrogens is 1. The molecule has 2 aromatic heterocycles. The van der Waals surface area contributed by atoms with Crippen LogP contribution in [0.5, 0.6) is 17.2 Å². The zero-order valence-electron chi connectivity index (χ0n) is 15.7. The quantitative estimate of drug-likeness (QED) is 0.686. The fourth-order valence-electron chi connectivity index (χ4n) is 3.50. The summed E-state index contributed by atoms with van der Waals surface area (Å²) in [5.41, 5.74) is 2.30. The van der Waals surface area contributed by atoms with Crippen LogP contribution in [-0.4, -0.2) is 40.7 Å². The van der Waals surface area contributed by atoms with Gasteiger partial charge < -0.3 is 19.6 Å². The molecule has 28 heavy (non-hydrogen) atoms. The molecular formula is C20H21N3O4S. The third-order valence-electron chi connectivity index (χ3n) is 4.88. The van der Waals surface area contributed by atoms with Crippen LogP contribution in [0.25, 0.3) is 10.7 Å². The molecule has 0 bridgehead atoms. The van der Waals surface area contributed by atoms with Crippen molar-refractivity contribution in [1.82, 2.24) is 14.9 Å². The molecule has 4 rings (SSSR count). The molecule has 0 fully saturated rings. The van der Waals surface area contributed by atoms with Gasteiger partial charge in [0.1, 0.15) is 17.2 Å². The Kier molecular flexibility index (Phi) is 5.06. The Labute approximate surface area is 166 Å². The molecule has 0 aliphatic carbocycles. The summed E-state index contributed by atoms with van der Waals surface area (Å²) in [7, 11) is 3.12. The van der Waals surface area contributed by atoms with E-state index in [1.165, 1.54) is 0 Å². The van der Waals surface area contributed by atoms with Gasteiger partial charge in [-0.1, -0.05) is 6.07 Å². The standard InChI is InChI=1S/C20H21N3O4S/c1-26-16-8-12(24)9-17(27-2)14(16)11-23-6-5-15-13(10-23)20(25)22-19(21-15)18-4-3-7-28-18/h3-4,7-9,24H,5-6,10-11H2,1-2H3,(H,21,22,25). The van der Waals surface area contributed by atoms with Crippen LogP contribution in [0.4, 0.5) is 0 Å². The number of ether oxygens (including phenoxy) is 2. The number of nitrogens with one attached hydrogen (secondary N) is 1. The summed E-state index contributed by atoms with van der Waals surface area (Å²) < 4.78 is 10.8. The van der Waals surface area contributed by atoms with Crippen LogP contribution in [0.15, 0.2) is 34.4 Å². The van der Waals surface area contributed by atoms with Gasteiger partial charge in [-0.05, 0) is 11.4 Å². The summed E-state index contributed by atoms with van der Waals surface area (Å²) >= 11 is 1.56. The zero-order valence-corrected chi connectivity index (χ0v) is 16.5. The Bertz CT molecular complexity index is 1020. The molecular weight excluding hydrogens is 378 g/mol. The first kappa shape index (κ1) is 18.5. The molecule has 3 heterocycles. The lowest BCUT2D eigenvalue weighted by molar-refractivity contribution is 0.233. The average Bonchev–Trinajstić information content (AvgIpc) is 3.24. The van der Waals surface area contributed by atoms with Gasteiger partial charge in [0.05, 0.1) is 35.9 Å². The maximum absolute atomic E-state index is 12.7. The highest BCUT2D eigenvalue weighted by molar-refractivity contribution is 7.13. The van der Waals surface area contributed by atoms with Crippen LogP contribution in [0.1, 0.15) is 16.8 Å². The number of aromatic hydroxyl groups is 1. The summed E-state index contributed by atoms with van der Waals surface area (Å²) in [6.45, 7) is 1.80. The predicted octanol–water partition coefficient (Wildman–Crippen LogP) is 2.78. The number of phenols is 1. The summed E-state index contributed by atoms with van der Waals surface area (Å²) in [6, 6.07) is 7.03. The van der Waals surface area contributed by atoms with E-state index >= 15 is 0 Å². The smallest absolute Gasteiger partial charge is 0.255 e. The van der Waals surface area contributed by atoms with Crippen molar-refractivity contribution in [3.8, 4) is 28.0 Å². The maximum Gasteiger partial charge on any atom is 0.255 e. The molecule has 0 saturated carbocycles. The number of rotatable bonds is 5. The topological polar surface area (TPSA) is 87.7 Å². The largest absolute Gasteiger partial charge is 0.508 e. The molecule has 2 N–H and O–H groups in total. The molecule has 0 saturated heterocycles. The summed E-state index contributed by atoms with van der Waals surface area (Å²) in [6.07, 6.45) is 0.695. The Hall–Kier alpha value is -2.84. The first-order valence-electron chi connectivity index (χ1n) is 8.91. The highest BCUT2D eigenvalue weighted by Crippen LogP contribution is 2.35. The van der Waals surface area contributed by atoms with Crippen molar-refractivity contribution < 1.29 is 14.6 Å². The SMILES string of the molecule is COc1cc(O)cc(OC)c1CN1CCc2nc(-c3cccs3)[nH]c(=O)c2C1. The van der Waals surface area contributed by atoms with Gasteiger partial charge in [0, 0.05) is 38.2 Å². The van der Waals surface area contributed by atoms with Gasteiger partial charge >= 0.3 is 0 Å². The van der Waals surface area contributed by atoms with Gasteiger partial charge in [-0.3, -0.25) is 9.69 Å². The number of fused-ring (bicyclic) bond motifs is 1. The van der Waals surface area contributed by atoms with Crippen molar-refractivity contribution in [3.63, 3.8) is 0 Å². The predicted molar refractivity (Wildman–Crippen MR) is 107 cm³/mol. The number of hydrogen-bond acceptors (Lipinski definition) is 7. The van der Waals surface area contributed by atoms with Crippen LogP contribution in [-0.2, 0) is 19.5 Å². The van der Waals surface area contributed by atoms with E-state index in [-0.39, 0.29) is 11.3 Å². The van der Waals surface area contributed by atoms with Crippen LogP contribution in [0.2, 0.25) is 0 Å². The van der Waals surface area contributed by atoms with Crippen molar-refractivity contribution in [2.45, 2.75) is 19.5 Å². The van der Waals surface area contributed by atoms with Crippen LogP contribution < -0.4 is 15.0 Å².